The van der Waals surface area contributed by atoms with Crippen molar-refractivity contribution < 1.29 is 4.79 Å². The lowest BCUT2D eigenvalue weighted by atomic mass is 10.1. The number of halogens is 2. The number of hydrogen-bond donors (Lipinski definition) is 1. The molecule has 1 N–H and O–H groups in total. The second-order valence-electron chi connectivity index (χ2n) is 4.79. The first-order valence-corrected chi connectivity index (χ1v) is 7.10. The number of ketones is 1. The average Bonchev–Trinajstić information content (AvgIpc) is 2.86. The molecule has 1 aliphatic rings. The van der Waals surface area contributed by atoms with Crippen molar-refractivity contribution in [2.24, 2.45) is 0 Å². The number of benzene rings is 1. The van der Waals surface area contributed by atoms with Crippen molar-refractivity contribution in [3.8, 4) is 0 Å². The van der Waals surface area contributed by atoms with Gasteiger partial charge in [-0.15, -0.1) is 0 Å². The third-order valence-electron chi connectivity index (χ3n) is 3.36. The molecule has 1 aromatic carbocycles. The molecule has 0 unspecified atom stereocenters. The summed E-state index contributed by atoms with van der Waals surface area (Å²) in [6, 6.07) is 5.92. The van der Waals surface area contributed by atoms with E-state index in [9.17, 15) is 4.79 Å². The minimum atomic E-state index is 0.158. The number of hydrogen-bond acceptors (Lipinski definition) is 2. The quantitative estimate of drug-likeness (QED) is 0.895. The van der Waals surface area contributed by atoms with Gasteiger partial charge in [-0.1, -0.05) is 48.2 Å². The van der Waals surface area contributed by atoms with Gasteiger partial charge >= 0.3 is 0 Å². The van der Waals surface area contributed by atoms with E-state index in [0.717, 1.165) is 5.56 Å². The molecule has 0 bridgehead atoms. The first-order chi connectivity index (χ1) is 8.66. The molecule has 0 radical (unpaired) electrons. The fourth-order valence-electron chi connectivity index (χ4n) is 2.35. The van der Waals surface area contributed by atoms with E-state index in [1.54, 1.807) is 6.07 Å². The smallest absolute Gasteiger partial charge is 0.151 e. The number of nitrogens with one attached hydrogen (secondary N) is 1. The Bertz CT molecular complexity index is 428. The van der Waals surface area contributed by atoms with Crippen molar-refractivity contribution in [2.45, 2.75) is 38.1 Å². The third kappa shape index (κ3) is 3.71. The molecule has 98 valence electrons. The SMILES string of the molecule is O=C(CNC1CCCC1)Cc1cccc(Cl)c1Cl. The molecular formula is C14H17Cl2NO. The molecule has 18 heavy (non-hydrogen) atoms. The van der Waals surface area contributed by atoms with Gasteiger partial charge in [-0.05, 0) is 24.5 Å². The van der Waals surface area contributed by atoms with E-state index in [4.69, 9.17) is 23.2 Å². The van der Waals surface area contributed by atoms with Crippen LogP contribution in [0.4, 0.5) is 0 Å². The maximum Gasteiger partial charge on any atom is 0.151 e. The molecule has 1 saturated carbocycles. The van der Waals surface area contributed by atoms with E-state index < -0.39 is 0 Å². The van der Waals surface area contributed by atoms with Crippen molar-refractivity contribution in [1.82, 2.24) is 5.32 Å². The molecule has 0 atom stereocenters. The zero-order valence-electron chi connectivity index (χ0n) is 10.2. The Morgan fingerprint density at radius 3 is 2.72 bits per heavy atom. The highest BCUT2D eigenvalue weighted by atomic mass is 35.5. The molecule has 0 heterocycles. The molecule has 1 fully saturated rings. The van der Waals surface area contributed by atoms with Crippen LogP contribution in [0.25, 0.3) is 0 Å². The maximum absolute atomic E-state index is 11.9. The highest BCUT2D eigenvalue weighted by Gasteiger charge is 2.16. The number of Topliss-reactive ketones (excluding diaryl/α,β-unsaturated/α-hetero) is 1. The third-order valence-corrected chi connectivity index (χ3v) is 4.22. The van der Waals surface area contributed by atoms with Crippen LogP contribution in [-0.4, -0.2) is 18.4 Å². The Balaban J connectivity index is 1.84. The standard InChI is InChI=1S/C14H17Cl2NO/c15-13-7-3-4-10(14(13)16)8-12(18)9-17-11-5-1-2-6-11/h3-4,7,11,17H,1-2,5-6,8-9H2. The monoisotopic (exact) mass is 285 g/mol. The average molecular weight is 286 g/mol. The van der Waals surface area contributed by atoms with Crippen LogP contribution in [-0.2, 0) is 11.2 Å². The van der Waals surface area contributed by atoms with Gasteiger partial charge in [0.15, 0.2) is 5.78 Å². The van der Waals surface area contributed by atoms with Crippen LogP contribution < -0.4 is 5.32 Å². The molecule has 2 rings (SSSR count). The molecule has 2 nitrogen and oxygen atoms in total. The van der Waals surface area contributed by atoms with E-state index in [-0.39, 0.29) is 5.78 Å². The minimum absolute atomic E-state index is 0.158. The predicted octanol–water partition coefficient (Wildman–Crippen LogP) is 3.64. The first kappa shape index (κ1) is 13.9. The van der Waals surface area contributed by atoms with Crippen LogP contribution in [0.1, 0.15) is 31.2 Å². The summed E-state index contributed by atoms with van der Waals surface area (Å²) < 4.78 is 0. The second-order valence-corrected chi connectivity index (χ2v) is 5.58. The largest absolute Gasteiger partial charge is 0.307 e. The van der Waals surface area contributed by atoms with E-state index in [0.29, 0.717) is 29.1 Å². The van der Waals surface area contributed by atoms with Crippen LogP contribution in [0.2, 0.25) is 10.0 Å². The van der Waals surface area contributed by atoms with Gasteiger partial charge in [0.25, 0.3) is 0 Å². The van der Waals surface area contributed by atoms with Gasteiger partial charge in [-0.25, -0.2) is 0 Å². The van der Waals surface area contributed by atoms with Gasteiger partial charge in [-0.2, -0.15) is 0 Å². The van der Waals surface area contributed by atoms with Crippen LogP contribution in [0.5, 0.6) is 0 Å². The zero-order chi connectivity index (χ0) is 13.0. The summed E-state index contributed by atoms with van der Waals surface area (Å²) in [5.41, 5.74) is 0.808. The molecule has 1 aliphatic carbocycles. The Morgan fingerprint density at radius 1 is 1.28 bits per heavy atom. The Labute approximate surface area is 118 Å². The van der Waals surface area contributed by atoms with Crippen molar-refractivity contribution in [3.63, 3.8) is 0 Å². The molecular weight excluding hydrogens is 269 g/mol. The lowest BCUT2D eigenvalue weighted by Gasteiger charge is -2.11. The molecule has 4 heteroatoms. The molecule has 0 spiro atoms. The van der Waals surface area contributed by atoms with E-state index in [2.05, 4.69) is 5.32 Å². The summed E-state index contributed by atoms with van der Waals surface area (Å²) in [7, 11) is 0. The Hall–Kier alpha value is -0.570. The van der Waals surface area contributed by atoms with E-state index >= 15 is 0 Å². The minimum Gasteiger partial charge on any atom is -0.307 e. The lowest BCUT2D eigenvalue weighted by Crippen LogP contribution is -2.32. The summed E-state index contributed by atoms with van der Waals surface area (Å²) in [6.07, 6.45) is 5.26. The Morgan fingerprint density at radius 2 is 2.00 bits per heavy atom. The fourth-order valence-corrected chi connectivity index (χ4v) is 2.73. The highest BCUT2D eigenvalue weighted by molar-refractivity contribution is 6.42. The van der Waals surface area contributed by atoms with Crippen molar-refractivity contribution in [3.05, 3.63) is 33.8 Å². The summed E-state index contributed by atoms with van der Waals surface area (Å²) in [5.74, 6) is 0.158. The normalized spacial score (nSPS) is 16.1. The topological polar surface area (TPSA) is 29.1 Å². The lowest BCUT2D eigenvalue weighted by molar-refractivity contribution is -0.117. The summed E-state index contributed by atoms with van der Waals surface area (Å²) in [5, 5.41) is 4.31. The summed E-state index contributed by atoms with van der Waals surface area (Å²) in [4.78, 5) is 11.9. The first-order valence-electron chi connectivity index (χ1n) is 6.35. The molecule has 0 amide bonds. The van der Waals surface area contributed by atoms with Gasteiger partial charge in [-0.3, -0.25) is 4.79 Å². The van der Waals surface area contributed by atoms with E-state index in [1.165, 1.54) is 25.7 Å². The second kappa shape index (κ2) is 6.55. The van der Waals surface area contributed by atoms with Gasteiger partial charge in [0.2, 0.25) is 0 Å². The van der Waals surface area contributed by atoms with Crippen LogP contribution in [0.15, 0.2) is 18.2 Å². The predicted molar refractivity (Wildman–Crippen MR) is 75.4 cm³/mol. The van der Waals surface area contributed by atoms with Crippen LogP contribution >= 0.6 is 23.2 Å². The molecule has 1 aromatic rings. The zero-order valence-corrected chi connectivity index (χ0v) is 11.7. The molecule has 0 aliphatic heterocycles. The van der Waals surface area contributed by atoms with Gasteiger partial charge in [0.05, 0.1) is 16.6 Å². The summed E-state index contributed by atoms with van der Waals surface area (Å²) in [6.45, 7) is 0.424. The van der Waals surface area contributed by atoms with Crippen molar-refractivity contribution in [2.75, 3.05) is 6.54 Å². The molecule has 0 saturated heterocycles. The van der Waals surface area contributed by atoms with Gasteiger partial charge < -0.3 is 5.32 Å². The van der Waals surface area contributed by atoms with Crippen LogP contribution in [0, 0.1) is 0 Å². The number of carbonyl (C=O) groups is 1. The summed E-state index contributed by atoms with van der Waals surface area (Å²) >= 11 is 12.0. The number of rotatable bonds is 5. The van der Waals surface area contributed by atoms with Crippen LogP contribution in [0.3, 0.4) is 0 Å². The molecule has 0 aromatic heterocycles. The van der Waals surface area contributed by atoms with E-state index in [1.807, 2.05) is 12.1 Å². The maximum atomic E-state index is 11.9. The Kier molecular flexibility index (Phi) is 5.04. The fraction of sp³-hybridized carbons (Fsp3) is 0.500. The van der Waals surface area contributed by atoms with Crippen molar-refractivity contribution in [1.29, 1.82) is 0 Å². The highest BCUT2D eigenvalue weighted by Crippen LogP contribution is 2.25. The number of carbonyl (C=O) groups excluding carboxylic acids is 1. The van der Waals surface area contributed by atoms with Gasteiger partial charge in [0, 0.05) is 12.5 Å². The van der Waals surface area contributed by atoms with Crippen molar-refractivity contribution >= 4 is 29.0 Å². The van der Waals surface area contributed by atoms with Gasteiger partial charge in [0.1, 0.15) is 0 Å².